The molecule has 0 radical (unpaired) electrons. The predicted octanol–water partition coefficient (Wildman–Crippen LogP) is 3.64. The van der Waals surface area contributed by atoms with Gasteiger partial charge in [0.1, 0.15) is 5.82 Å². The maximum absolute atomic E-state index is 10.6. The van der Waals surface area contributed by atoms with Crippen LogP contribution in [-0.2, 0) is 17.9 Å². The van der Waals surface area contributed by atoms with Gasteiger partial charge in [-0.3, -0.25) is 4.79 Å². The maximum Gasteiger partial charge on any atom is 0.207 e. The molecule has 3 rings (SSSR count). The van der Waals surface area contributed by atoms with Crippen LogP contribution >= 0.6 is 23.2 Å². The molecule has 4 nitrogen and oxygen atoms in total. The lowest BCUT2D eigenvalue weighted by molar-refractivity contribution is -0.109. The van der Waals surface area contributed by atoms with E-state index in [4.69, 9.17) is 23.2 Å². The second-order valence-electron chi connectivity index (χ2n) is 4.85. The molecule has 0 aliphatic carbocycles. The van der Waals surface area contributed by atoms with Crippen molar-refractivity contribution in [2.75, 3.05) is 0 Å². The minimum atomic E-state index is 0.375. The van der Waals surface area contributed by atoms with Crippen LogP contribution in [0.4, 0.5) is 0 Å². The van der Waals surface area contributed by atoms with Gasteiger partial charge in [0.05, 0.1) is 27.6 Å². The highest BCUT2D eigenvalue weighted by Gasteiger charge is 2.11. The van der Waals surface area contributed by atoms with E-state index in [0.717, 1.165) is 22.4 Å². The summed E-state index contributed by atoms with van der Waals surface area (Å²) < 4.78 is 2.06. The van der Waals surface area contributed by atoms with Crippen molar-refractivity contribution in [2.45, 2.75) is 13.1 Å². The number of nitrogens with one attached hydrogen (secondary N) is 1. The van der Waals surface area contributed by atoms with Gasteiger partial charge in [-0.15, -0.1) is 0 Å². The first kappa shape index (κ1) is 14.9. The van der Waals surface area contributed by atoms with E-state index in [1.54, 1.807) is 6.07 Å². The lowest BCUT2D eigenvalue weighted by Gasteiger charge is -2.10. The molecule has 0 aliphatic rings. The fraction of sp³-hybridized carbons (Fsp3) is 0.125. The predicted molar refractivity (Wildman–Crippen MR) is 88.2 cm³/mol. The summed E-state index contributed by atoms with van der Waals surface area (Å²) in [4.78, 5) is 15.1. The van der Waals surface area contributed by atoms with Crippen LogP contribution in [0, 0.1) is 0 Å². The van der Waals surface area contributed by atoms with Crippen molar-refractivity contribution in [3.05, 3.63) is 63.9 Å². The minimum absolute atomic E-state index is 0.375. The van der Waals surface area contributed by atoms with Gasteiger partial charge in [0, 0.05) is 6.54 Å². The molecular weight excluding hydrogens is 321 g/mol. The molecule has 0 fully saturated rings. The molecule has 1 aromatic heterocycles. The smallest absolute Gasteiger partial charge is 0.207 e. The van der Waals surface area contributed by atoms with Gasteiger partial charge in [-0.05, 0) is 29.8 Å². The summed E-state index contributed by atoms with van der Waals surface area (Å²) in [5.74, 6) is 0.791. The largest absolute Gasteiger partial charge is 0.351 e. The number of benzene rings is 2. The Labute approximate surface area is 137 Å². The lowest BCUT2D eigenvalue weighted by atomic mass is 10.2. The Morgan fingerprint density at radius 3 is 2.73 bits per heavy atom. The number of nitrogens with zero attached hydrogens (tertiary/aromatic N) is 2. The fourth-order valence-electron chi connectivity index (χ4n) is 2.39. The topological polar surface area (TPSA) is 46.9 Å². The molecule has 0 bridgehead atoms. The highest BCUT2D eigenvalue weighted by molar-refractivity contribution is 6.42. The molecule has 0 unspecified atom stereocenters. The van der Waals surface area contributed by atoms with Crippen LogP contribution in [0.1, 0.15) is 11.4 Å². The van der Waals surface area contributed by atoms with Gasteiger partial charge in [0.2, 0.25) is 6.41 Å². The average Bonchev–Trinajstić information content (AvgIpc) is 2.87. The molecule has 1 heterocycles. The molecule has 3 aromatic rings. The van der Waals surface area contributed by atoms with Crippen molar-refractivity contribution in [2.24, 2.45) is 0 Å². The normalized spacial score (nSPS) is 10.8. The molecule has 6 heteroatoms. The Bertz CT molecular complexity index is 829. The number of fused-ring (bicyclic) bond motifs is 1. The number of carbonyl (C=O) groups is 1. The van der Waals surface area contributed by atoms with E-state index in [1.165, 1.54) is 0 Å². The zero-order valence-electron chi connectivity index (χ0n) is 11.6. The van der Waals surface area contributed by atoms with E-state index in [-0.39, 0.29) is 0 Å². The first-order valence-electron chi connectivity index (χ1n) is 6.74. The molecule has 1 N–H and O–H groups in total. The highest BCUT2D eigenvalue weighted by Crippen LogP contribution is 2.24. The summed E-state index contributed by atoms with van der Waals surface area (Å²) in [5.41, 5.74) is 2.92. The van der Waals surface area contributed by atoms with E-state index >= 15 is 0 Å². The monoisotopic (exact) mass is 333 g/mol. The van der Waals surface area contributed by atoms with Crippen molar-refractivity contribution >= 4 is 40.6 Å². The van der Waals surface area contributed by atoms with Gasteiger partial charge in [-0.2, -0.15) is 0 Å². The number of halogens is 2. The summed E-state index contributed by atoms with van der Waals surface area (Å²) in [6.45, 7) is 0.979. The number of imidazole rings is 1. The van der Waals surface area contributed by atoms with Gasteiger partial charge >= 0.3 is 0 Å². The number of hydrogen-bond donors (Lipinski definition) is 1. The van der Waals surface area contributed by atoms with Crippen LogP contribution in [0.5, 0.6) is 0 Å². The molecular formula is C16H13Cl2N3O. The number of aromatic nitrogens is 2. The first-order chi connectivity index (χ1) is 10.7. The fourth-order valence-corrected chi connectivity index (χ4v) is 2.71. The summed E-state index contributed by atoms with van der Waals surface area (Å²) in [6.07, 6.45) is 0.669. The lowest BCUT2D eigenvalue weighted by Crippen LogP contribution is -2.15. The van der Waals surface area contributed by atoms with Crippen molar-refractivity contribution in [3.63, 3.8) is 0 Å². The third-order valence-corrected chi connectivity index (χ3v) is 4.14. The van der Waals surface area contributed by atoms with Crippen LogP contribution in [0.3, 0.4) is 0 Å². The van der Waals surface area contributed by atoms with Crippen LogP contribution in [0.25, 0.3) is 11.0 Å². The van der Waals surface area contributed by atoms with Gasteiger partial charge < -0.3 is 9.88 Å². The van der Waals surface area contributed by atoms with Crippen LogP contribution in [0.2, 0.25) is 10.0 Å². The number of carbonyl (C=O) groups excluding carboxylic acids is 1. The molecule has 0 saturated carbocycles. The summed E-state index contributed by atoms with van der Waals surface area (Å²) in [5, 5.41) is 3.72. The number of hydrogen-bond acceptors (Lipinski definition) is 2. The molecule has 0 spiro atoms. The minimum Gasteiger partial charge on any atom is -0.351 e. The zero-order chi connectivity index (χ0) is 15.5. The summed E-state index contributed by atoms with van der Waals surface area (Å²) in [7, 11) is 0. The van der Waals surface area contributed by atoms with Gasteiger partial charge in [-0.25, -0.2) is 4.98 Å². The number of para-hydroxylation sites is 2. The van der Waals surface area contributed by atoms with Crippen LogP contribution in [0.15, 0.2) is 42.5 Å². The summed E-state index contributed by atoms with van der Waals surface area (Å²) in [6, 6.07) is 13.4. The molecule has 0 saturated heterocycles. The second-order valence-corrected chi connectivity index (χ2v) is 5.66. The van der Waals surface area contributed by atoms with E-state index in [0.29, 0.717) is 29.5 Å². The first-order valence-corrected chi connectivity index (χ1v) is 7.49. The highest BCUT2D eigenvalue weighted by atomic mass is 35.5. The van der Waals surface area contributed by atoms with E-state index in [2.05, 4.69) is 14.9 Å². The summed E-state index contributed by atoms with van der Waals surface area (Å²) >= 11 is 12.0. The van der Waals surface area contributed by atoms with Crippen molar-refractivity contribution in [3.8, 4) is 0 Å². The SMILES string of the molecule is O=CNCc1nc2ccccc2n1Cc1ccc(Cl)c(Cl)c1. The number of rotatable bonds is 5. The molecule has 1 amide bonds. The zero-order valence-corrected chi connectivity index (χ0v) is 13.1. The molecule has 112 valence electrons. The van der Waals surface area contributed by atoms with Crippen LogP contribution in [-0.4, -0.2) is 16.0 Å². The van der Waals surface area contributed by atoms with E-state index in [9.17, 15) is 4.79 Å². The van der Waals surface area contributed by atoms with Crippen molar-refractivity contribution in [1.29, 1.82) is 0 Å². The third-order valence-electron chi connectivity index (χ3n) is 3.40. The standard InChI is InChI=1S/C16H13Cl2N3O/c17-12-6-5-11(7-13(12)18)9-21-15-4-2-1-3-14(15)20-16(21)8-19-10-22/h1-7,10H,8-9H2,(H,19,22). The van der Waals surface area contributed by atoms with E-state index < -0.39 is 0 Å². The Balaban J connectivity index is 2.03. The Morgan fingerprint density at radius 1 is 1.14 bits per heavy atom. The van der Waals surface area contributed by atoms with Crippen molar-refractivity contribution < 1.29 is 4.79 Å². The van der Waals surface area contributed by atoms with Crippen LogP contribution < -0.4 is 5.32 Å². The molecule has 22 heavy (non-hydrogen) atoms. The van der Waals surface area contributed by atoms with Gasteiger partial charge in [-0.1, -0.05) is 41.4 Å². The molecule has 0 atom stereocenters. The average molecular weight is 334 g/mol. The Morgan fingerprint density at radius 2 is 1.95 bits per heavy atom. The molecule has 2 aromatic carbocycles. The second kappa shape index (κ2) is 6.38. The Kier molecular flexibility index (Phi) is 4.32. The third kappa shape index (κ3) is 2.93. The van der Waals surface area contributed by atoms with Gasteiger partial charge in [0.15, 0.2) is 0 Å². The molecule has 0 aliphatic heterocycles. The maximum atomic E-state index is 10.6. The Hall–Kier alpha value is -2.04. The van der Waals surface area contributed by atoms with Crippen molar-refractivity contribution in [1.82, 2.24) is 14.9 Å². The van der Waals surface area contributed by atoms with Gasteiger partial charge in [0.25, 0.3) is 0 Å². The number of amides is 1. The quantitative estimate of drug-likeness (QED) is 0.724. The van der Waals surface area contributed by atoms with E-state index in [1.807, 2.05) is 36.4 Å².